The maximum Gasteiger partial charge on any atom is 0.323 e. The van der Waals surface area contributed by atoms with Gasteiger partial charge in [0.05, 0.1) is 23.0 Å². The zero-order chi connectivity index (χ0) is 14.7. The van der Waals surface area contributed by atoms with E-state index >= 15 is 0 Å². The highest BCUT2D eigenvalue weighted by molar-refractivity contribution is 6.31. The summed E-state index contributed by atoms with van der Waals surface area (Å²) >= 11 is 6.14. The molecule has 2 aromatic heterocycles. The molecule has 1 N–H and O–H groups in total. The molecule has 0 aliphatic rings. The molecule has 0 aromatic carbocycles. The van der Waals surface area contributed by atoms with Gasteiger partial charge >= 0.3 is 6.01 Å². The Kier molecular flexibility index (Phi) is 4.39. The van der Waals surface area contributed by atoms with Crippen molar-refractivity contribution in [2.24, 2.45) is 0 Å². The molecule has 2 heterocycles. The predicted octanol–water partition coefficient (Wildman–Crippen LogP) is 2.16. The minimum absolute atomic E-state index is 0.268. The van der Waals surface area contributed by atoms with Gasteiger partial charge in [0.2, 0.25) is 5.95 Å². The first-order chi connectivity index (χ1) is 9.56. The molecule has 0 amide bonds. The maximum absolute atomic E-state index is 6.14. The van der Waals surface area contributed by atoms with Gasteiger partial charge in [-0.3, -0.25) is 0 Å². The van der Waals surface area contributed by atoms with Crippen molar-refractivity contribution in [3.63, 3.8) is 0 Å². The molecule has 0 saturated carbocycles. The van der Waals surface area contributed by atoms with E-state index in [4.69, 9.17) is 16.3 Å². The third kappa shape index (κ3) is 2.82. The Morgan fingerprint density at radius 2 is 2.00 bits per heavy atom. The molecular formula is C12H17ClN6O. The topological polar surface area (TPSA) is 77.8 Å². The molecule has 0 saturated heterocycles. The number of nitrogens with one attached hydrogen (secondary N) is 1. The van der Waals surface area contributed by atoms with Gasteiger partial charge in [-0.2, -0.15) is 20.1 Å². The van der Waals surface area contributed by atoms with E-state index in [0.717, 1.165) is 17.8 Å². The van der Waals surface area contributed by atoms with Crippen molar-refractivity contribution in [3.8, 4) is 12.0 Å². The molecule has 0 spiro atoms. The molecule has 0 aliphatic carbocycles. The zero-order valence-electron chi connectivity index (χ0n) is 11.9. The van der Waals surface area contributed by atoms with Gasteiger partial charge in [-0.25, -0.2) is 4.68 Å². The summed E-state index contributed by atoms with van der Waals surface area (Å²) in [6, 6.07) is 0.268. The van der Waals surface area contributed by atoms with Crippen LogP contribution >= 0.6 is 11.6 Å². The van der Waals surface area contributed by atoms with Gasteiger partial charge in [0.1, 0.15) is 0 Å². The van der Waals surface area contributed by atoms with Gasteiger partial charge in [-0.05, 0) is 20.3 Å². The monoisotopic (exact) mass is 296 g/mol. The second-order valence-corrected chi connectivity index (χ2v) is 4.61. The number of ether oxygens (including phenoxy) is 1. The Hall–Kier alpha value is -1.89. The SMILES string of the molecule is CCCOc1nc(NC)nc(-n2nc(C)c(Cl)c2C)n1. The maximum atomic E-state index is 6.14. The smallest absolute Gasteiger partial charge is 0.323 e. The lowest BCUT2D eigenvalue weighted by molar-refractivity contribution is 0.291. The van der Waals surface area contributed by atoms with Gasteiger partial charge in [-0.15, -0.1) is 0 Å². The molecule has 20 heavy (non-hydrogen) atoms. The highest BCUT2D eigenvalue weighted by Gasteiger charge is 2.15. The van der Waals surface area contributed by atoms with Crippen LogP contribution < -0.4 is 10.1 Å². The van der Waals surface area contributed by atoms with Gasteiger partial charge in [0.15, 0.2) is 0 Å². The Balaban J connectivity index is 2.46. The van der Waals surface area contributed by atoms with Crippen LogP contribution in [0.4, 0.5) is 5.95 Å². The summed E-state index contributed by atoms with van der Waals surface area (Å²) in [4.78, 5) is 12.7. The van der Waals surface area contributed by atoms with E-state index in [-0.39, 0.29) is 6.01 Å². The van der Waals surface area contributed by atoms with Gasteiger partial charge in [0, 0.05) is 7.05 Å². The number of hydrogen-bond acceptors (Lipinski definition) is 6. The predicted molar refractivity (Wildman–Crippen MR) is 76.8 cm³/mol. The van der Waals surface area contributed by atoms with Crippen molar-refractivity contribution in [2.75, 3.05) is 19.0 Å². The fourth-order valence-electron chi connectivity index (χ4n) is 1.63. The Morgan fingerprint density at radius 3 is 2.55 bits per heavy atom. The molecule has 7 nitrogen and oxygen atoms in total. The molecule has 108 valence electrons. The summed E-state index contributed by atoms with van der Waals surface area (Å²) in [5.74, 6) is 0.799. The Labute approximate surface area is 122 Å². The number of halogens is 1. The van der Waals surface area contributed by atoms with E-state index < -0.39 is 0 Å². The number of aryl methyl sites for hydroxylation is 1. The second-order valence-electron chi connectivity index (χ2n) is 4.24. The fourth-order valence-corrected chi connectivity index (χ4v) is 1.75. The van der Waals surface area contributed by atoms with Crippen LogP contribution in [0.1, 0.15) is 24.7 Å². The second kappa shape index (κ2) is 6.04. The van der Waals surface area contributed by atoms with Crippen LogP contribution in [0.2, 0.25) is 5.02 Å². The summed E-state index contributed by atoms with van der Waals surface area (Å²) in [7, 11) is 1.73. The first-order valence-corrected chi connectivity index (χ1v) is 6.73. The van der Waals surface area contributed by atoms with E-state index in [1.165, 1.54) is 0 Å². The minimum atomic E-state index is 0.268. The van der Waals surface area contributed by atoms with Crippen molar-refractivity contribution >= 4 is 17.5 Å². The van der Waals surface area contributed by atoms with Crippen molar-refractivity contribution in [2.45, 2.75) is 27.2 Å². The first-order valence-electron chi connectivity index (χ1n) is 6.35. The van der Waals surface area contributed by atoms with Crippen molar-refractivity contribution in [3.05, 3.63) is 16.4 Å². The highest BCUT2D eigenvalue weighted by atomic mass is 35.5. The third-order valence-corrected chi connectivity index (χ3v) is 3.20. The lowest BCUT2D eigenvalue weighted by Gasteiger charge is -2.08. The Bertz CT molecular complexity index is 612. The summed E-state index contributed by atoms with van der Waals surface area (Å²) < 4.78 is 7.04. The van der Waals surface area contributed by atoms with E-state index in [2.05, 4.69) is 25.4 Å². The quantitative estimate of drug-likeness (QED) is 0.911. The number of rotatable bonds is 5. The van der Waals surface area contributed by atoms with Crippen LogP contribution in [0, 0.1) is 13.8 Å². The van der Waals surface area contributed by atoms with Crippen LogP contribution in [-0.2, 0) is 0 Å². The largest absolute Gasteiger partial charge is 0.463 e. The lowest BCUT2D eigenvalue weighted by Crippen LogP contribution is -2.11. The lowest BCUT2D eigenvalue weighted by atomic mass is 10.4. The van der Waals surface area contributed by atoms with Crippen LogP contribution in [0.3, 0.4) is 0 Å². The van der Waals surface area contributed by atoms with Crippen molar-refractivity contribution in [1.82, 2.24) is 24.7 Å². The summed E-state index contributed by atoms with van der Waals surface area (Å²) in [5.41, 5.74) is 1.51. The third-order valence-electron chi connectivity index (χ3n) is 2.65. The molecule has 2 aromatic rings. The molecule has 2 rings (SSSR count). The fraction of sp³-hybridized carbons (Fsp3) is 0.500. The normalized spacial score (nSPS) is 10.7. The van der Waals surface area contributed by atoms with E-state index in [1.54, 1.807) is 11.7 Å². The van der Waals surface area contributed by atoms with E-state index in [0.29, 0.717) is 23.5 Å². The molecular weight excluding hydrogens is 280 g/mol. The average molecular weight is 297 g/mol. The number of nitrogens with zero attached hydrogens (tertiary/aromatic N) is 5. The van der Waals surface area contributed by atoms with Crippen molar-refractivity contribution in [1.29, 1.82) is 0 Å². The van der Waals surface area contributed by atoms with Crippen LogP contribution in [0.15, 0.2) is 0 Å². The van der Waals surface area contributed by atoms with Crippen LogP contribution in [0.5, 0.6) is 6.01 Å². The summed E-state index contributed by atoms with van der Waals surface area (Å²) in [6.07, 6.45) is 0.877. The van der Waals surface area contributed by atoms with E-state index in [9.17, 15) is 0 Å². The molecule has 0 aliphatic heterocycles. The standard InChI is InChI=1S/C12H17ClN6O/c1-5-6-20-12-16-10(14-4)15-11(17-12)19-8(3)9(13)7(2)18-19/h5-6H2,1-4H3,(H,14,15,16,17). The minimum Gasteiger partial charge on any atom is -0.463 e. The number of aromatic nitrogens is 5. The van der Waals surface area contributed by atoms with Gasteiger partial charge in [0.25, 0.3) is 5.95 Å². The number of anilines is 1. The van der Waals surface area contributed by atoms with Gasteiger partial charge < -0.3 is 10.1 Å². The molecule has 0 radical (unpaired) electrons. The zero-order valence-corrected chi connectivity index (χ0v) is 12.7. The molecule has 0 atom stereocenters. The average Bonchev–Trinajstić information content (AvgIpc) is 2.72. The van der Waals surface area contributed by atoms with Crippen LogP contribution in [0.25, 0.3) is 5.95 Å². The molecule has 0 fully saturated rings. The van der Waals surface area contributed by atoms with Crippen LogP contribution in [-0.4, -0.2) is 38.4 Å². The molecule has 0 unspecified atom stereocenters. The Morgan fingerprint density at radius 1 is 1.25 bits per heavy atom. The summed E-state index contributed by atoms with van der Waals surface area (Å²) in [6.45, 7) is 6.25. The molecule has 8 heteroatoms. The first kappa shape index (κ1) is 14.5. The molecule has 0 bridgehead atoms. The highest BCUT2D eigenvalue weighted by Crippen LogP contribution is 2.21. The summed E-state index contributed by atoms with van der Waals surface area (Å²) in [5, 5.41) is 7.81. The van der Waals surface area contributed by atoms with Gasteiger partial charge in [-0.1, -0.05) is 18.5 Å². The van der Waals surface area contributed by atoms with Crippen molar-refractivity contribution < 1.29 is 4.74 Å². The van der Waals surface area contributed by atoms with E-state index in [1.807, 2.05) is 20.8 Å². The number of hydrogen-bond donors (Lipinski definition) is 1.